The predicted molar refractivity (Wildman–Crippen MR) is 59.9 cm³/mol. The quantitative estimate of drug-likeness (QED) is 0.653. The zero-order valence-electron chi connectivity index (χ0n) is 9.70. The van der Waals surface area contributed by atoms with Crippen LogP contribution in [0.1, 0.15) is 19.3 Å². The number of hydrogen-bond acceptors (Lipinski definition) is 4. The van der Waals surface area contributed by atoms with Gasteiger partial charge in [0.15, 0.2) is 0 Å². The minimum atomic E-state index is -0.334. The summed E-state index contributed by atoms with van der Waals surface area (Å²) < 4.78 is 4.86. The molecule has 3 aliphatic heterocycles. The number of carbonyl (C=O) groups is 2. The Labute approximate surface area is 99.8 Å². The lowest BCUT2D eigenvalue weighted by molar-refractivity contribution is -0.135. The highest BCUT2D eigenvalue weighted by molar-refractivity contribution is 5.88. The smallest absolute Gasteiger partial charge is 0.333 e. The molecular weight excluding hydrogens is 220 g/mol. The Morgan fingerprint density at radius 3 is 2.71 bits per heavy atom. The number of rotatable bonds is 1. The van der Waals surface area contributed by atoms with Crippen molar-refractivity contribution in [3.05, 3.63) is 11.8 Å². The number of nitrogens with zero attached hydrogens (tertiary/aromatic N) is 1. The molecule has 0 aromatic rings. The summed E-state index contributed by atoms with van der Waals surface area (Å²) in [5.41, 5.74) is 0.852. The van der Waals surface area contributed by atoms with Crippen LogP contribution in [0, 0.1) is 5.41 Å². The number of ether oxygens (including phenoxy) is 1. The first-order valence-electron chi connectivity index (χ1n) is 6.07. The first kappa shape index (κ1) is 10.8. The number of nitrogens with one attached hydrogen (secondary N) is 1. The third-order valence-electron chi connectivity index (χ3n) is 3.98. The molecule has 0 bridgehead atoms. The Balaban J connectivity index is 1.77. The second-order valence-electron chi connectivity index (χ2n) is 5.15. The lowest BCUT2D eigenvalue weighted by atomic mass is 9.78. The minimum absolute atomic E-state index is 0.120. The molecule has 5 nitrogen and oxygen atoms in total. The van der Waals surface area contributed by atoms with Crippen molar-refractivity contribution >= 4 is 11.9 Å². The summed E-state index contributed by atoms with van der Waals surface area (Å²) in [5.74, 6) is -0.199. The first-order valence-corrected chi connectivity index (χ1v) is 6.07. The second-order valence-corrected chi connectivity index (χ2v) is 5.15. The van der Waals surface area contributed by atoms with Crippen LogP contribution in [0.2, 0.25) is 0 Å². The predicted octanol–water partition coefficient (Wildman–Crippen LogP) is 0.0292. The van der Waals surface area contributed by atoms with E-state index in [0.29, 0.717) is 6.42 Å². The van der Waals surface area contributed by atoms with E-state index in [1.54, 1.807) is 4.90 Å². The van der Waals surface area contributed by atoms with Gasteiger partial charge in [0.1, 0.15) is 6.61 Å². The van der Waals surface area contributed by atoms with Gasteiger partial charge in [0.2, 0.25) is 5.91 Å². The maximum Gasteiger partial charge on any atom is 0.333 e. The van der Waals surface area contributed by atoms with Crippen LogP contribution in [0.5, 0.6) is 0 Å². The third kappa shape index (κ3) is 1.84. The Bertz CT molecular complexity index is 397. The highest BCUT2D eigenvalue weighted by atomic mass is 16.5. The van der Waals surface area contributed by atoms with Crippen molar-refractivity contribution in [2.45, 2.75) is 19.3 Å². The highest BCUT2D eigenvalue weighted by Crippen LogP contribution is 2.41. The molecule has 0 unspecified atom stereocenters. The molecule has 2 saturated heterocycles. The molecular formula is C12H16N2O3. The largest absolute Gasteiger partial charge is 0.456 e. The van der Waals surface area contributed by atoms with Gasteiger partial charge < -0.3 is 15.0 Å². The molecule has 0 aliphatic carbocycles. The van der Waals surface area contributed by atoms with Crippen LogP contribution in [-0.2, 0) is 14.3 Å². The molecule has 3 rings (SSSR count). The fraction of sp³-hybridized carbons (Fsp3) is 0.667. The maximum absolute atomic E-state index is 12.0. The van der Waals surface area contributed by atoms with Crippen LogP contribution >= 0.6 is 0 Å². The van der Waals surface area contributed by atoms with Crippen LogP contribution in [0.3, 0.4) is 0 Å². The van der Waals surface area contributed by atoms with Crippen LogP contribution in [0.15, 0.2) is 11.8 Å². The lowest BCUT2D eigenvalue weighted by Gasteiger charge is -2.33. The third-order valence-corrected chi connectivity index (χ3v) is 3.98. The molecule has 1 N–H and O–H groups in total. The summed E-state index contributed by atoms with van der Waals surface area (Å²) in [6.07, 6.45) is 4.13. The molecule has 2 fully saturated rings. The van der Waals surface area contributed by atoms with Gasteiger partial charge in [-0.1, -0.05) is 0 Å². The summed E-state index contributed by atoms with van der Waals surface area (Å²) >= 11 is 0. The van der Waals surface area contributed by atoms with E-state index in [1.807, 2.05) is 0 Å². The summed E-state index contributed by atoms with van der Waals surface area (Å²) in [7, 11) is 0. The minimum Gasteiger partial charge on any atom is -0.456 e. The highest BCUT2D eigenvalue weighted by Gasteiger charge is 2.45. The number of amides is 1. The summed E-state index contributed by atoms with van der Waals surface area (Å²) in [6.45, 7) is 2.96. The van der Waals surface area contributed by atoms with Crippen molar-refractivity contribution in [1.29, 1.82) is 0 Å². The van der Waals surface area contributed by atoms with Crippen molar-refractivity contribution in [2.75, 3.05) is 26.2 Å². The Morgan fingerprint density at radius 1 is 1.29 bits per heavy atom. The molecule has 1 amide bonds. The molecule has 5 heteroatoms. The van der Waals surface area contributed by atoms with Crippen LogP contribution in [0.4, 0.5) is 0 Å². The Morgan fingerprint density at radius 2 is 2.06 bits per heavy atom. The molecule has 0 aromatic carbocycles. The van der Waals surface area contributed by atoms with E-state index in [-0.39, 0.29) is 23.9 Å². The average Bonchev–Trinajstić information content (AvgIpc) is 2.85. The van der Waals surface area contributed by atoms with Gasteiger partial charge in [-0.15, -0.1) is 0 Å². The molecule has 0 radical (unpaired) electrons. The zero-order chi connectivity index (χ0) is 11.9. The van der Waals surface area contributed by atoms with Gasteiger partial charge in [-0.25, -0.2) is 4.79 Å². The maximum atomic E-state index is 12.0. The monoisotopic (exact) mass is 236 g/mol. The molecule has 3 aliphatic rings. The van der Waals surface area contributed by atoms with Crippen LogP contribution in [0.25, 0.3) is 0 Å². The molecule has 17 heavy (non-hydrogen) atoms. The first-order chi connectivity index (χ1) is 8.19. The van der Waals surface area contributed by atoms with E-state index < -0.39 is 0 Å². The number of hydrogen-bond donors (Lipinski definition) is 1. The standard InChI is InChI=1S/C12H16N2O3/c15-10-6-12(1-3-13-4-2-12)8-14(10)9-5-11(16)17-7-9/h5,13H,1-4,6-8H2. The molecule has 3 heterocycles. The summed E-state index contributed by atoms with van der Waals surface area (Å²) in [5, 5.41) is 3.32. The Kier molecular flexibility index (Phi) is 2.43. The van der Waals surface area contributed by atoms with Crippen molar-refractivity contribution in [2.24, 2.45) is 5.41 Å². The van der Waals surface area contributed by atoms with Gasteiger partial charge in [0.25, 0.3) is 0 Å². The fourth-order valence-electron chi connectivity index (χ4n) is 2.97. The lowest BCUT2D eigenvalue weighted by Crippen LogP contribution is -2.38. The second kappa shape index (κ2) is 3.84. The van der Waals surface area contributed by atoms with E-state index >= 15 is 0 Å². The van der Waals surface area contributed by atoms with E-state index in [0.717, 1.165) is 38.2 Å². The molecule has 0 aromatic heterocycles. The van der Waals surface area contributed by atoms with Crippen LogP contribution in [-0.4, -0.2) is 43.0 Å². The van der Waals surface area contributed by atoms with Gasteiger partial charge in [0, 0.05) is 19.0 Å². The molecule has 92 valence electrons. The van der Waals surface area contributed by atoms with E-state index in [4.69, 9.17) is 4.74 Å². The molecule has 1 spiro atoms. The molecule has 0 saturated carbocycles. The SMILES string of the molecule is O=C1C=C(N2CC3(CCNCC3)CC2=O)CO1. The van der Waals surface area contributed by atoms with Gasteiger partial charge >= 0.3 is 5.97 Å². The topological polar surface area (TPSA) is 58.6 Å². The number of piperidine rings is 1. The van der Waals surface area contributed by atoms with Gasteiger partial charge in [-0.05, 0) is 31.3 Å². The zero-order valence-corrected chi connectivity index (χ0v) is 9.70. The van der Waals surface area contributed by atoms with Crippen molar-refractivity contribution < 1.29 is 14.3 Å². The van der Waals surface area contributed by atoms with E-state index in [9.17, 15) is 9.59 Å². The summed E-state index contributed by atoms with van der Waals surface area (Å²) in [6, 6.07) is 0. The Hall–Kier alpha value is -1.36. The molecule has 0 atom stereocenters. The van der Waals surface area contributed by atoms with Crippen molar-refractivity contribution in [3.8, 4) is 0 Å². The van der Waals surface area contributed by atoms with E-state index in [1.165, 1.54) is 6.08 Å². The van der Waals surface area contributed by atoms with Crippen LogP contribution < -0.4 is 5.32 Å². The number of cyclic esters (lactones) is 1. The van der Waals surface area contributed by atoms with Crippen molar-refractivity contribution in [1.82, 2.24) is 10.2 Å². The van der Waals surface area contributed by atoms with Gasteiger partial charge in [-0.3, -0.25) is 4.79 Å². The number of esters is 1. The van der Waals surface area contributed by atoms with Gasteiger partial charge in [-0.2, -0.15) is 0 Å². The normalized spacial score (nSPS) is 27.5. The summed E-state index contributed by atoms with van der Waals surface area (Å²) in [4.78, 5) is 24.8. The van der Waals surface area contributed by atoms with Gasteiger partial charge in [0.05, 0.1) is 5.70 Å². The van der Waals surface area contributed by atoms with E-state index in [2.05, 4.69) is 5.32 Å². The van der Waals surface area contributed by atoms with Crippen molar-refractivity contribution in [3.63, 3.8) is 0 Å². The fourth-order valence-corrected chi connectivity index (χ4v) is 2.97. The number of carbonyl (C=O) groups excluding carboxylic acids is 2. The average molecular weight is 236 g/mol. The number of likely N-dealkylation sites (tertiary alicyclic amines) is 1.